The largest absolute Gasteiger partial charge is 0.481 e. The molecule has 0 bridgehead atoms. The maximum absolute atomic E-state index is 10.6. The molecule has 1 saturated heterocycles. The van der Waals surface area contributed by atoms with E-state index < -0.39 is 5.97 Å². The van der Waals surface area contributed by atoms with Crippen LogP contribution in [0.15, 0.2) is 18.3 Å². The van der Waals surface area contributed by atoms with Crippen molar-refractivity contribution in [2.45, 2.75) is 13.0 Å². The van der Waals surface area contributed by atoms with Crippen LogP contribution in [0.25, 0.3) is 0 Å². The van der Waals surface area contributed by atoms with Crippen molar-refractivity contribution < 1.29 is 9.90 Å². The summed E-state index contributed by atoms with van der Waals surface area (Å²) in [4.78, 5) is 15.9. The second kappa shape index (κ2) is 3.46. The Labute approximate surface area is 82.5 Å². The number of hydrogen-bond acceptors (Lipinski definition) is 2. The van der Waals surface area contributed by atoms with Crippen molar-refractivity contribution in [1.29, 1.82) is 0 Å². The smallest absolute Gasteiger partial charge is 0.309 e. The Hall–Kier alpha value is -1.29. The van der Waals surface area contributed by atoms with Crippen molar-refractivity contribution in [3.63, 3.8) is 0 Å². The van der Waals surface area contributed by atoms with Crippen LogP contribution in [0.1, 0.15) is 18.7 Å². The van der Waals surface area contributed by atoms with E-state index in [1.807, 2.05) is 18.3 Å². The van der Waals surface area contributed by atoms with Crippen LogP contribution in [0.3, 0.4) is 0 Å². The van der Waals surface area contributed by atoms with Gasteiger partial charge in [-0.2, -0.15) is 0 Å². The van der Waals surface area contributed by atoms with Gasteiger partial charge < -0.3 is 10.1 Å². The number of hydrogen-bond donors (Lipinski definition) is 2. The predicted molar refractivity (Wildman–Crippen MR) is 51.9 cm³/mol. The molecule has 1 aliphatic heterocycles. The molecule has 1 aromatic rings. The molecule has 76 valence electrons. The van der Waals surface area contributed by atoms with Crippen LogP contribution in [-0.2, 0) is 4.79 Å². The molecule has 0 aromatic carbocycles. The highest BCUT2D eigenvalue weighted by Gasteiger charge is 2.35. The molecule has 2 rings (SSSR count). The van der Waals surface area contributed by atoms with Gasteiger partial charge in [0.05, 0.1) is 5.92 Å². The summed E-state index contributed by atoms with van der Waals surface area (Å²) in [5.41, 5.74) is 1.15. The number of aliphatic carboxylic acids is 1. The van der Waals surface area contributed by atoms with Gasteiger partial charge in [0.15, 0.2) is 0 Å². The molecule has 2 heterocycles. The van der Waals surface area contributed by atoms with Gasteiger partial charge in [-0.25, -0.2) is 0 Å². The van der Waals surface area contributed by atoms with Crippen molar-refractivity contribution in [1.82, 2.24) is 9.88 Å². The minimum absolute atomic E-state index is 0.174. The van der Waals surface area contributed by atoms with E-state index in [1.165, 1.54) is 0 Å². The van der Waals surface area contributed by atoms with Crippen LogP contribution in [0, 0.1) is 5.92 Å². The Bertz CT molecular complexity index is 315. The SMILES string of the molecule is C[C@@H](c1ccc[nH]1)N1CC(C(=O)O)C1. The van der Waals surface area contributed by atoms with Gasteiger partial charge in [0, 0.05) is 31.0 Å². The second-order valence-corrected chi connectivity index (χ2v) is 3.79. The Kier molecular flexibility index (Phi) is 2.29. The standard InChI is InChI=1S/C10H14N2O2/c1-7(9-3-2-4-11-9)12-5-8(6-12)10(13)14/h2-4,7-8,11H,5-6H2,1H3,(H,13,14)/t7-/m0/s1. The molecule has 4 nitrogen and oxygen atoms in total. The topological polar surface area (TPSA) is 56.3 Å². The van der Waals surface area contributed by atoms with Crippen LogP contribution in [0.5, 0.6) is 0 Å². The summed E-state index contributed by atoms with van der Waals surface area (Å²) in [7, 11) is 0. The zero-order chi connectivity index (χ0) is 10.1. The molecule has 0 unspecified atom stereocenters. The van der Waals surface area contributed by atoms with E-state index in [0.717, 1.165) is 5.69 Å². The Morgan fingerprint density at radius 2 is 2.43 bits per heavy atom. The highest BCUT2D eigenvalue weighted by atomic mass is 16.4. The number of nitrogens with zero attached hydrogens (tertiary/aromatic N) is 1. The summed E-state index contributed by atoms with van der Waals surface area (Å²) >= 11 is 0. The van der Waals surface area contributed by atoms with E-state index in [4.69, 9.17) is 5.11 Å². The molecule has 4 heteroatoms. The Morgan fingerprint density at radius 1 is 1.71 bits per heavy atom. The number of aromatic nitrogens is 1. The molecular weight excluding hydrogens is 180 g/mol. The molecule has 1 aliphatic rings. The van der Waals surface area contributed by atoms with Gasteiger partial charge in [-0.05, 0) is 19.1 Å². The highest BCUT2D eigenvalue weighted by molar-refractivity contribution is 5.71. The summed E-state index contributed by atoms with van der Waals surface area (Å²) in [6.45, 7) is 3.41. The van der Waals surface area contributed by atoms with Crippen molar-refractivity contribution in [2.75, 3.05) is 13.1 Å². The number of H-pyrrole nitrogens is 1. The van der Waals surface area contributed by atoms with E-state index in [2.05, 4.69) is 16.8 Å². The van der Waals surface area contributed by atoms with E-state index in [1.54, 1.807) is 0 Å². The van der Waals surface area contributed by atoms with Gasteiger partial charge in [-0.1, -0.05) is 0 Å². The molecule has 0 aliphatic carbocycles. The van der Waals surface area contributed by atoms with Crippen LogP contribution in [-0.4, -0.2) is 34.0 Å². The van der Waals surface area contributed by atoms with Crippen LogP contribution in [0.4, 0.5) is 0 Å². The summed E-state index contributed by atoms with van der Waals surface area (Å²) < 4.78 is 0. The lowest BCUT2D eigenvalue weighted by atomic mass is 9.97. The highest BCUT2D eigenvalue weighted by Crippen LogP contribution is 2.27. The maximum atomic E-state index is 10.6. The minimum Gasteiger partial charge on any atom is -0.481 e. The van der Waals surface area contributed by atoms with E-state index in [9.17, 15) is 4.79 Å². The van der Waals surface area contributed by atoms with Gasteiger partial charge in [-0.3, -0.25) is 9.69 Å². The lowest BCUT2D eigenvalue weighted by Gasteiger charge is -2.40. The van der Waals surface area contributed by atoms with Crippen LogP contribution < -0.4 is 0 Å². The first-order chi connectivity index (χ1) is 6.68. The fourth-order valence-corrected chi connectivity index (χ4v) is 1.79. The van der Waals surface area contributed by atoms with Crippen LogP contribution >= 0.6 is 0 Å². The molecule has 0 saturated carbocycles. The normalized spacial score (nSPS) is 20.4. The summed E-state index contributed by atoms with van der Waals surface area (Å²) in [5, 5.41) is 8.73. The number of carboxylic acids is 1. The number of nitrogens with one attached hydrogen (secondary N) is 1. The van der Waals surface area contributed by atoms with Crippen molar-refractivity contribution in [3.8, 4) is 0 Å². The molecule has 1 atom stereocenters. The molecule has 0 amide bonds. The van der Waals surface area contributed by atoms with E-state index in [-0.39, 0.29) is 5.92 Å². The first-order valence-corrected chi connectivity index (χ1v) is 4.78. The van der Waals surface area contributed by atoms with Crippen molar-refractivity contribution in [3.05, 3.63) is 24.0 Å². The fourth-order valence-electron chi connectivity index (χ4n) is 1.79. The summed E-state index contributed by atoms with van der Waals surface area (Å²) in [5.74, 6) is -0.854. The molecule has 1 fully saturated rings. The van der Waals surface area contributed by atoms with E-state index >= 15 is 0 Å². The van der Waals surface area contributed by atoms with Gasteiger partial charge in [-0.15, -0.1) is 0 Å². The number of likely N-dealkylation sites (tertiary alicyclic amines) is 1. The zero-order valence-electron chi connectivity index (χ0n) is 8.10. The number of carbonyl (C=O) groups is 1. The zero-order valence-corrected chi connectivity index (χ0v) is 8.10. The first kappa shape index (κ1) is 9.27. The molecule has 14 heavy (non-hydrogen) atoms. The third kappa shape index (κ3) is 1.53. The molecule has 0 spiro atoms. The lowest BCUT2D eigenvalue weighted by Crippen LogP contribution is -2.51. The van der Waals surface area contributed by atoms with Gasteiger partial charge in [0.25, 0.3) is 0 Å². The molecule has 0 radical (unpaired) electrons. The Morgan fingerprint density at radius 3 is 2.93 bits per heavy atom. The van der Waals surface area contributed by atoms with E-state index in [0.29, 0.717) is 19.1 Å². The minimum atomic E-state index is -0.681. The summed E-state index contributed by atoms with van der Waals surface area (Å²) in [6, 6.07) is 4.28. The van der Waals surface area contributed by atoms with Gasteiger partial charge in [0.1, 0.15) is 0 Å². The molecule has 1 aromatic heterocycles. The number of carboxylic acid groups (broad SMARTS) is 1. The molecular formula is C10H14N2O2. The quantitative estimate of drug-likeness (QED) is 0.757. The number of aromatic amines is 1. The van der Waals surface area contributed by atoms with Gasteiger partial charge in [0.2, 0.25) is 0 Å². The third-order valence-corrected chi connectivity index (χ3v) is 2.88. The van der Waals surface area contributed by atoms with Crippen molar-refractivity contribution in [2.24, 2.45) is 5.92 Å². The fraction of sp³-hybridized carbons (Fsp3) is 0.500. The lowest BCUT2D eigenvalue weighted by molar-refractivity contribution is -0.148. The number of rotatable bonds is 3. The maximum Gasteiger partial charge on any atom is 0.309 e. The monoisotopic (exact) mass is 194 g/mol. The molecule has 2 N–H and O–H groups in total. The van der Waals surface area contributed by atoms with Crippen LogP contribution in [0.2, 0.25) is 0 Å². The van der Waals surface area contributed by atoms with Crippen molar-refractivity contribution >= 4 is 5.97 Å². The Balaban J connectivity index is 1.91. The first-order valence-electron chi connectivity index (χ1n) is 4.78. The average Bonchev–Trinajstić information content (AvgIpc) is 2.51. The third-order valence-electron chi connectivity index (χ3n) is 2.88. The van der Waals surface area contributed by atoms with Gasteiger partial charge >= 0.3 is 5.97 Å². The predicted octanol–water partition coefficient (Wildman–Crippen LogP) is 1.09. The summed E-state index contributed by atoms with van der Waals surface area (Å²) in [6.07, 6.45) is 1.89. The second-order valence-electron chi connectivity index (χ2n) is 3.79. The average molecular weight is 194 g/mol.